The van der Waals surface area contributed by atoms with Crippen LogP contribution >= 0.6 is 0 Å². The normalized spacial score (nSPS) is 27.2. The van der Waals surface area contributed by atoms with Gasteiger partial charge < -0.3 is 5.11 Å². The number of aryl methyl sites for hydroxylation is 1. The maximum atomic E-state index is 10.3. The Bertz CT molecular complexity index is 334. The fourth-order valence-electron chi connectivity index (χ4n) is 2.75. The number of rotatable bonds is 4. The first-order valence-corrected chi connectivity index (χ1v) is 6.45. The van der Waals surface area contributed by atoms with Gasteiger partial charge in [0.05, 0.1) is 12.3 Å². The lowest BCUT2D eigenvalue weighted by Gasteiger charge is -2.16. The van der Waals surface area contributed by atoms with Crippen molar-refractivity contribution < 1.29 is 5.11 Å². The molecule has 1 N–H and O–H groups in total. The molecule has 1 aliphatic carbocycles. The monoisotopic (exact) mass is 222 g/mol. The van der Waals surface area contributed by atoms with Crippen LogP contribution in [-0.4, -0.2) is 14.9 Å². The van der Waals surface area contributed by atoms with Gasteiger partial charge in [0.2, 0.25) is 0 Å². The zero-order valence-electron chi connectivity index (χ0n) is 10.3. The Kier molecular flexibility index (Phi) is 3.64. The van der Waals surface area contributed by atoms with Crippen LogP contribution in [0, 0.1) is 11.8 Å². The molecule has 0 aliphatic heterocycles. The van der Waals surface area contributed by atoms with Crippen LogP contribution < -0.4 is 0 Å². The smallest absolute Gasteiger partial charge is 0.0848 e. The number of aromatic nitrogens is 2. The quantitative estimate of drug-likeness (QED) is 0.850. The van der Waals surface area contributed by atoms with Crippen molar-refractivity contribution in [1.82, 2.24) is 9.78 Å². The van der Waals surface area contributed by atoms with E-state index in [0.29, 0.717) is 5.92 Å². The molecule has 0 saturated heterocycles. The number of nitrogens with zero attached hydrogens (tertiary/aromatic N) is 2. The van der Waals surface area contributed by atoms with E-state index in [9.17, 15) is 5.11 Å². The lowest BCUT2D eigenvalue weighted by atomic mass is 9.95. The SMILES string of the molecule is CCC1CCC(C(O)c2cnn(CC)c2)C1. The predicted octanol–water partition coefficient (Wildman–Crippen LogP) is 2.76. The van der Waals surface area contributed by atoms with Crippen molar-refractivity contribution in [2.24, 2.45) is 11.8 Å². The molecule has 3 unspecified atom stereocenters. The Labute approximate surface area is 97.5 Å². The van der Waals surface area contributed by atoms with Crippen molar-refractivity contribution >= 4 is 0 Å². The summed E-state index contributed by atoms with van der Waals surface area (Å²) in [5.74, 6) is 1.26. The number of aliphatic hydroxyl groups is 1. The molecule has 1 heterocycles. The second-order valence-electron chi connectivity index (χ2n) is 4.92. The Morgan fingerprint density at radius 3 is 2.88 bits per heavy atom. The van der Waals surface area contributed by atoms with Crippen LogP contribution in [0.4, 0.5) is 0 Å². The predicted molar refractivity (Wildman–Crippen MR) is 64.0 cm³/mol. The molecule has 1 aliphatic rings. The van der Waals surface area contributed by atoms with E-state index in [1.165, 1.54) is 19.3 Å². The summed E-state index contributed by atoms with van der Waals surface area (Å²) in [7, 11) is 0. The summed E-state index contributed by atoms with van der Waals surface area (Å²) in [4.78, 5) is 0. The third-order valence-corrected chi connectivity index (χ3v) is 3.92. The topological polar surface area (TPSA) is 38.1 Å². The zero-order valence-corrected chi connectivity index (χ0v) is 10.3. The molecule has 3 atom stereocenters. The van der Waals surface area contributed by atoms with Gasteiger partial charge in [0.1, 0.15) is 0 Å². The van der Waals surface area contributed by atoms with E-state index in [1.54, 1.807) is 0 Å². The molecule has 0 amide bonds. The van der Waals surface area contributed by atoms with Crippen LogP contribution in [0.2, 0.25) is 0 Å². The molecule has 90 valence electrons. The van der Waals surface area contributed by atoms with E-state index >= 15 is 0 Å². The van der Waals surface area contributed by atoms with Gasteiger partial charge >= 0.3 is 0 Å². The fourth-order valence-corrected chi connectivity index (χ4v) is 2.75. The van der Waals surface area contributed by atoms with Gasteiger partial charge in [0, 0.05) is 18.3 Å². The first kappa shape index (κ1) is 11.6. The van der Waals surface area contributed by atoms with E-state index in [-0.39, 0.29) is 6.10 Å². The number of hydrogen-bond donors (Lipinski definition) is 1. The maximum Gasteiger partial charge on any atom is 0.0848 e. The van der Waals surface area contributed by atoms with Crippen LogP contribution in [0.15, 0.2) is 12.4 Å². The van der Waals surface area contributed by atoms with Crippen LogP contribution in [0.5, 0.6) is 0 Å². The van der Waals surface area contributed by atoms with Gasteiger partial charge in [0.15, 0.2) is 0 Å². The molecular formula is C13H22N2O. The van der Waals surface area contributed by atoms with E-state index in [0.717, 1.165) is 24.4 Å². The second kappa shape index (κ2) is 5.00. The maximum absolute atomic E-state index is 10.3. The average Bonchev–Trinajstić information content (AvgIpc) is 2.97. The zero-order chi connectivity index (χ0) is 11.5. The highest BCUT2D eigenvalue weighted by atomic mass is 16.3. The van der Waals surface area contributed by atoms with Gasteiger partial charge in [-0.1, -0.05) is 19.8 Å². The van der Waals surface area contributed by atoms with Gasteiger partial charge in [-0.2, -0.15) is 5.10 Å². The highest BCUT2D eigenvalue weighted by Gasteiger charge is 2.30. The van der Waals surface area contributed by atoms with Crippen molar-refractivity contribution in [3.05, 3.63) is 18.0 Å². The molecule has 1 aromatic heterocycles. The van der Waals surface area contributed by atoms with Crippen molar-refractivity contribution in [3.8, 4) is 0 Å². The van der Waals surface area contributed by atoms with Crippen LogP contribution in [0.1, 0.15) is 51.2 Å². The number of hydrogen-bond acceptors (Lipinski definition) is 2. The summed E-state index contributed by atoms with van der Waals surface area (Å²) in [6.07, 6.45) is 8.35. The lowest BCUT2D eigenvalue weighted by molar-refractivity contribution is 0.109. The minimum Gasteiger partial charge on any atom is -0.388 e. The molecule has 1 fully saturated rings. The van der Waals surface area contributed by atoms with Crippen molar-refractivity contribution in [2.45, 2.75) is 52.2 Å². The van der Waals surface area contributed by atoms with E-state index in [4.69, 9.17) is 0 Å². The number of aliphatic hydroxyl groups excluding tert-OH is 1. The molecule has 1 saturated carbocycles. The van der Waals surface area contributed by atoms with Gasteiger partial charge in [-0.25, -0.2) is 0 Å². The highest BCUT2D eigenvalue weighted by molar-refractivity contribution is 5.10. The summed E-state index contributed by atoms with van der Waals surface area (Å²) in [6.45, 7) is 5.18. The molecule has 16 heavy (non-hydrogen) atoms. The van der Waals surface area contributed by atoms with E-state index in [2.05, 4.69) is 18.9 Å². The molecular weight excluding hydrogens is 200 g/mol. The van der Waals surface area contributed by atoms with Crippen LogP contribution in [-0.2, 0) is 6.54 Å². The molecule has 0 aromatic carbocycles. The van der Waals surface area contributed by atoms with Crippen molar-refractivity contribution in [1.29, 1.82) is 0 Å². The standard InChI is InChI=1S/C13H22N2O/c1-3-10-5-6-11(7-10)13(16)12-8-14-15(4-2)9-12/h8-11,13,16H,3-7H2,1-2H3. The average molecular weight is 222 g/mol. The third kappa shape index (κ3) is 2.29. The minimum atomic E-state index is -0.308. The van der Waals surface area contributed by atoms with Crippen LogP contribution in [0.25, 0.3) is 0 Å². The van der Waals surface area contributed by atoms with Gasteiger partial charge in [-0.15, -0.1) is 0 Å². The summed E-state index contributed by atoms with van der Waals surface area (Å²) in [5, 5.41) is 14.5. The first-order valence-electron chi connectivity index (χ1n) is 6.45. The summed E-state index contributed by atoms with van der Waals surface area (Å²) >= 11 is 0. The highest BCUT2D eigenvalue weighted by Crippen LogP contribution is 2.40. The first-order chi connectivity index (χ1) is 7.74. The molecule has 0 bridgehead atoms. The van der Waals surface area contributed by atoms with Crippen LogP contribution in [0.3, 0.4) is 0 Å². The molecule has 1 aromatic rings. The fraction of sp³-hybridized carbons (Fsp3) is 0.769. The summed E-state index contributed by atoms with van der Waals surface area (Å²) < 4.78 is 1.88. The molecule has 0 radical (unpaired) electrons. The lowest BCUT2D eigenvalue weighted by Crippen LogP contribution is -2.09. The van der Waals surface area contributed by atoms with Crippen molar-refractivity contribution in [3.63, 3.8) is 0 Å². The summed E-state index contributed by atoms with van der Waals surface area (Å²) in [6, 6.07) is 0. The van der Waals surface area contributed by atoms with Gasteiger partial charge in [0.25, 0.3) is 0 Å². The molecule has 3 heteroatoms. The largest absolute Gasteiger partial charge is 0.388 e. The Balaban J connectivity index is 1.99. The summed E-state index contributed by atoms with van der Waals surface area (Å²) in [5.41, 5.74) is 0.989. The third-order valence-electron chi connectivity index (χ3n) is 3.92. The van der Waals surface area contributed by atoms with E-state index in [1.807, 2.05) is 17.1 Å². The van der Waals surface area contributed by atoms with Gasteiger partial charge in [-0.3, -0.25) is 4.68 Å². The molecule has 3 nitrogen and oxygen atoms in total. The van der Waals surface area contributed by atoms with Gasteiger partial charge in [-0.05, 0) is 31.6 Å². The minimum absolute atomic E-state index is 0.308. The Morgan fingerprint density at radius 1 is 1.50 bits per heavy atom. The Hall–Kier alpha value is -0.830. The Morgan fingerprint density at radius 2 is 2.31 bits per heavy atom. The second-order valence-corrected chi connectivity index (χ2v) is 4.92. The van der Waals surface area contributed by atoms with Crippen molar-refractivity contribution in [2.75, 3.05) is 0 Å². The van der Waals surface area contributed by atoms with E-state index < -0.39 is 0 Å². The molecule has 0 spiro atoms. The molecule has 2 rings (SSSR count).